The van der Waals surface area contributed by atoms with Crippen molar-refractivity contribution >= 4 is 22.2 Å². The highest BCUT2D eigenvalue weighted by Crippen LogP contribution is 2.38. The third-order valence-corrected chi connectivity index (χ3v) is 4.94. The predicted molar refractivity (Wildman–Crippen MR) is 113 cm³/mol. The lowest BCUT2D eigenvalue weighted by atomic mass is 9.89. The average molecular weight is 416 g/mol. The summed E-state index contributed by atoms with van der Waals surface area (Å²) < 4.78 is 41.8. The Kier molecular flexibility index (Phi) is 6.31. The normalized spacial score (nSPS) is 14.5. The lowest BCUT2D eigenvalue weighted by molar-refractivity contribution is -0.252. The van der Waals surface area contributed by atoms with Gasteiger partial charge in [0.2, 0.25) is 5.56 Å². The van der Waals surface area contributed by atoms with E-state index in [1.807, 2.05) is 6.92 Å². The quantitative estimate of drug-likeness (QED) is 0.501. The van der Waals surface area contributed by atoms with E-state index in [0.717, 1.165) is 0 Å². The molecule has 0 saturated heterocycles. The molecule has 4 nitrogen and oxygen atoms in total. The molecule has 1 aromatic heterocycles. The van der Waals surface area contributed by atoms with Crippen molar-refractivity contribution in [3.63, 3.8) is 0 Å². The molecular weight excluding hydrogens is 393 g/mol. The summed E-state index contributed by atoms with van der Waals surface area (Å²) in [7, 11) is 0. The van der Waals surface area contributed by atoms with Crippen LogP contribution in [-0.2, 0) is 0 Å². The Balaban J connectivity index is 1.91. The van der Waals surface area contributed by atoms with E-state index in [1.54, 1.807) is 54.6 Å². The maximum Gasteiger partial charge on any atom is 0.419 e. The van der Waals surface area contributed by atoms with E-state index in [2.05, 4.69) is 10.3 Å². The van der Waals surface area contributed by atoms with Crippen LogP contribution < -0.4 is 10.9 Å². The highest BCUT2D eigenvalue weighted by atomic mass is 19.4. The van der Waals surface area contributed by atoms with Gasteiger partial charge in [0.1, 0.15) is 0 Å². The molecule has 0 radical (unpaired) electrons. The second kappa shape index (κ2) is 8.75. The molecule has 7 heteroatoms. The highest BCUT2D eigenvalue weighted by Gasteiger charge is 2.53. The Labute approximate surface area is 172 Å². The van der Waals surface area contributed by atoms with E-state index in [1.165, 1.54) is 12.1 Å². The first-order valence-corrected chi connectivity index (χ1v) is 9.63. The molecule has 30 heavy (non-hydrogen) atoms. The van der Waals surface area contributed by atoms with Gasteiger partial charge >= 0.3 is 6.18 Å². The smallest absolute Gasteiger partial charge is 0.381 e. The molecule has 0 aliphatic rings. The van der Waals surface area contributed by atoms with Gasteiger partial charge in [-0.15, -0.1) is 0 Å². The van der Waals surface area contributed by atoms with E-state index in [-0.39, 0.29) is 5.56 Å². The summed E-state index contributed by atoms with van der Waals surface area (Å²) >= 11 is 0. The van der Waals surface area contributed by atoms with Crippen molar-refractivity contribution in [2.75, 3.05) is 11.9 Å². The fraction of sp³-hybridized carbons (Fsp3) is 0.261. The summed E-state index contributed by atoms with van der Waals surface area (Å²) in [5.74, 6) is 0. The molecule has 0 aliphatic carbocycles. The van der Waals surface area contributed by atoms with Gasteiger partial charge in [0.15, 0.2) is 5.60 Å². The summed E-state index contributed by atoms with van der Waals surface area (Å²) in [6.45, 7) is 1.10. The molecule has 0 fully saturated rings. The minimum atomic E-state index is -4.85. The lowest BCUT2D eigenvalue weighted by Gasteiger charge is -2.32. The van der Waals surface area contributed by atoms with Crippen molar-refractivity contribution in [2.24, 2.45) is 0 Å². The molecule has 3 aromatic rings. The summed E-state index contributed by atoms with van der Waals surface area (Å²) in [4.78, 5) is 14.1. The number of anilines is 1. The number of rotatable bonds is 7. The SMILES string of the molecule is CCC=C(CC(O)(CNc1cccc2[nH]c(=O)ccc12)C(F)(F)F)c1ccccc1. The van der Waals surface area contributed by atoms with E-state index < -0.39 is 24.7 Å². The number of aromatic nitrogens is 1. The van der Waals surface area contributed by atoms with Crippen LogP contribution in [0.2, 0.25) is 0 Å². The fourth-order valence-electron chi connectivity index (χ4n) is 3.35. The van der Waals surface area contributed by atoms with Crippen molar-refractivity contribution in [3.8, 4) is 0 Å². The Morgan fingerprint density at radius 2 is 1.80 bits per heavy atom. The number of nitrogens with one attached hydrogen (secondary N) is 2. The van der Waals surface area contributed by atoms with E-state index in [9.17, 15) is 23.1 Å². The van der Waals surface area contributed by atoms with Crippen LogP contribution in [0.5, 0.6) is 0 Å². The van der Waals surface area contributed by atoms with Crippen LogP contribution in [0.15, 0.2) is 71.5 Å². The molecule has 0 saturated carbocycles. The summed E-state index contributed by atoms with van der Waals surface area (Å²) in [5.41, 5.74) is -1.31. The van der Waals surface area contributed by atoms with Crippen LogP contribution in [0.4, 0.5) is 18.9 Å². The number of alkyl halides is 3. The van der Waals surface area contributed by atoms with Crippen LogP contribution in [0.25, 0.3) is 16.5 Å². The van der Waals surface area contributed by atoms with Gasteiger partial charge in [0.25, 0.3) is 0 Å². The number of hydrogen-bond donors (Lipinski definition) is 3. The van der Waals surface area contributed by atoms with Crippen LogP contribution in [0, 0.1) is 0 Å². The molecule has 1 atom stereocenters. The number of hydrogen-bond acceptors (Lipinski definition) is 3. The van der Waals surface area contributed by atoms with Gasteiger partial charge in [-0.1, -0.05) is 49.4 Å². The van der Waals surface area contributed by atoms with Crippen molar-refractivity contribution in [2.45, 2.75) is 31.5 Å². The van der Waals surface area contributed by atoms with Crippen molar-refractivity contribution < 1.29 is 18.3 Å². The molecule has 0 aliphatic heterocycles. The highest BCUT2D eigenvalue weighted by molar-refractivity contribution is 5.91. The number of aliphatic hydroxyl groups is 1. The standard InChI is InChI=1S/C23H23F3N2O2/c1-2-7-17(16-8-4-3-5-9-16)14-22(30,23(24,25)26)15-27-19-10-6-11-20-18(19)12-13-21(29)28-20/h3-13,27,30H,2,14-15H2,1H3,(H,28,29). The number of H-pyrrole nitrogens is 1. The number of pyridine rings is 1. The zero-order chi connectivity index (χ0) is 21.8. The molecule has 0 amide bonds. The predicted octanol–water partition coefficient (Wildman–Crippen LogP) is 5.12. The number of allylic oxidation sites excluding steroid dienone is 1. The minimum absolute atomic E-state index is 0.302. The van der Waals surface area contributed by atoms with Crippen LogP contribution in [0.3, 0.4) is 0 Å². The lowest BCUT2D eigenvalue weighted by Crippen LogP contribution is -2.50. The van der Waals surface area contributed by atoms with Crippen molar-refractivity contribution in [1.29, 1.82) is 0 Å². The van der Waals surface area contributed by atoms with Gasteiger partial charge in [-0.25, -0.2) is 0 Å². The van der Waals surface area contributed by atoms with Gasteiger partial charge in [-0.2, -0.15) is 13.2 Å². The number of benzene rings is 2. The minimum Gasteiger partial charge on any atom is -0.381 e. The summed E-state index contributed by atoms with van der Waals surface area (Å²) in [6, 6.07) is 16.5. The average Bonchev–Trinajstić information content (AvgIpc) is 2.71. The molecule has 158 valence electrons. The molecule has 3 rings (SSSR count). The van der Waals surface area contributed by atoms with Gasteiger partial charge in [-0.3, -0.25) is 4.79 Å². The van der Waals surface area contributed by atoms with E-state index >= 15 is 0 Å². The molecule has 0 spiro atoms. The van der Waals surface area contributed by atoms with Crippen LogP contribution in [0.1, 0.15) is 25.3 Å². The van der Waals surface area contributed by atoms with Gasteiger partial charge in [0.05, 0.1) is 12.1 Å². The van der Waals surface area contributed by atoms with Crippen molar-refractivity contribution in [3.05, 3.63) is 82.7 Å². The summed E-state index contributed by atoms with van der Waals surface area (Å²) in [5, 5.41) is 14.0. The first kappa shape index (κ1) is 21.6. The van der Waals surface area contributed by atoms with Gasteiger partial charge in [0, 0.05) is 23.6 Å². The maximum absolute atomic E-state index is 13.9. The first-order chi connectivity index (χ1) is 14.2. The van der Waals surface area contributed by atoms with Gasteiger partial charge < -0.3 is 15.4 Å². The topological polar surface area (TPSA) is 65.1 Å². The third-order valence-electron chi connectivity index (χ3n) is 4.94. The molecule has 3 N–H and O–H groups in total. The van der Waals surface area contributed by atoms with E-state index in [4.69, 9.17) is 0 Å². The molecule has 2 aromatic carbocycles. The molecular formula is C23H23F3N2O2. The zero-order valence-corrected chi connectivity index (χ0v) is 16.5. The molecule has 0 bridgehead atoms. The number of aromatic amines is 1. The number of fused-ring (bicyclic) bond motifs is 1. The first-order valence-electron chi connectivity index (χ1n) is 9.63. The zero-order valence-electron chi connectivity index (χ0n) is 16.5. The van der Waals surface area contributed by atoms with E-state index in [0.29, 0.717) is 34.1 Å². The third kappa shape index (κ3) is 4.74. The second-order valence-electron chi connectivity index (χ2n) is 7.15. The Hall–Kier alpha value is -3.06. The Morgan fingerprint density at radius 1 is 1.07 bits per heavy atom. The Bertz CT molecular complexity index is 1090. The van der Waals surface area contributed by atoms with Crippen LogP contribution in [-0.4, -0.2) is 28.4 Å². The maximum atomic E-state index is 13.9. The summed E-state index contributed by atoms with van der Waals surface area (Å²) in [6.07, 6.45) is -3.18. The Morgan fingerprint density at radius 3 is 2.47 bits per heavy atom. The fourth-order valence-corrected chi connectivity index (χ4v) is 3.35. The number of halogens is 3. The molecule has 1 unspecified atom stereocenters. The van der Waals surface area contributed by atoms with Gasteiger partial charge in [-0.05, 0) is 35.8 Å². The largest absolute Gasteiger partial charge is 0.419 e. The van der Waals surface area contributed by atoms with Crippen molar-refractivity contribution in [1.82, 2.24) is 4.98 Å². The van der Waals surface area contributed by atoms with Crippen LogP contribution >= 0.6 is 0 Å². The second-order valence-corrected chi connectivity index (χ2v) is 7.15. The monoisotopic (exact) mass is 416 g/mol. The molecule has 1 heterocycles.